The van der Waals surface area contributed by atoms with Gasteiger partial charge in [0.2, 0.25) is 0 Å². The average molecular weight is 262 g/mol. The number of ether oxygens (including phenoxy) is 1. The van der Waals surface area contributed by atoms with Crippen molar-refractivity contribution in [3.8, 4) is 5.75 Å². The van der Waals surface area contributed by atoms with Gasteiger partial charge in [-0.1, -0.05) is 38.8 Å². The van der Waals surface area contributed by atoms with E-state index < -0.39 is 6.10 Å². The van der Waals surface area contributed by atoms with Crippen molar-refractivity contribution in [2.75, 3.05) is 18.4 Å². The lowest BCUT2D eigenvalue weighted by molar-refractivity contribution is -0.127. The van der Waals surface area contributed by atoms with Crippen molar-refractivity contribution in [2.24, 2.45) is 5.92 Å². The van der Waals surface area contributed by atoms with Crippen molar-refractivity contribution in [1.82, 2.24) is 5.32 Å². The second-order valence-corrected chi connectivity index (χ2v) is 4.91. The fourth-order valence-electron chi connectivity index (χ4n) is 2.20. The molecule has 0 saturated heterocycles. The van der Waals surface area contributed by atoms with Crippen LogP contribution in [0, 0.1) is 5.92 Å². The molecule has 0 saturated carbocycles. The number of nitrogens with one attached hydrogen (secondary N) is 2. The Morgan fingerprint density at radius 3 is 2.89 bits per heavy atom. The SMILES string of the molecule is CCC(CC)CNC(=O)C1CNc2ccccc2O1. The second kappa shape index (κ2) is 6.45. The molecular formula is C15H22N2O2. The summed E-state index contributed by atoms with van der Waals surface area (Å²) in [5.74, 6) is 1.26. The van der Waals surface area contributed by atoms with Gasteiger partial charge in [0.25, 0.3) is 5.91 Å². The van der Waals surface area contributed by atoms with Crippen LogP contribution in [0.2, 0.25) is 0 Å². The summed E-state index contributed by atoms with van der Waals surface area (Å²) in [7, 11) is 0. The fraction of sp³-hybridized carbons (Fsp3) is 0.533. The zero-order valence-electron chi connectivity index (χ0n) is 11.6. The Balaban J connectivity index is 1.88. The largest absolute Gasteiger partial charge is 0.477 e. The molecule has 19 heavy (non-hydrogen) atoms. The Hall–Kier alpha value is -1.71. The van der Waals surface area contributed by atoms with Crippen molar-refractivity contribution < 1.29 is 9.53 Å². The molecule has 1 aliphatic heterocycles. The van der Waals surface area contributed by atoms with Crippen molar-refractivity contribution in [2.45, 2.75) is 32.8 Å². The first-order valence-corrected chi connectivity index (χ1v) is 7.01. The summed E-state index contributed by atoms with van der Waals surface area (Å²) < 4.78 is 5.72. The van der Waals surface area contributed by atoms with Gasteiger partial charge in [-0.3, -0.25) is 4.79 Å². The third-order valence-electron chi connectivity index (χ3n) is 3.65. The lowest BCUT2D eigenvalue weighted by Crippen LogP contribution is -2.45. The highest BCUT2D eigenvalue weighted by atomic mass is 16.5. The third kappa shape index (κ3) is 3.40. The first kappa shape index (κ1) is 13.7. The van der Waals surface area contributed by atoms with Crippen LogP contribution < -0.4 is 15.4 Å². The number of carbonyl (C=O) groups excluding carboxylic acids is 1. The van der Waals surface area contributed by atoms with Gasteiger partial charge in [0.15, 0.2) is 6.10 Å². The van der Waals surface area contributed by atoms with Gasteiger partial charge in [-0.15, -0.1) is 0 Å². The number of hydrogen-bond donors (Lipinski definition) is 2. The van der Waals surface area contributed by atoms with E-state index in [1.807, 2.05) is 24.3 Å². The van der Waals surface area contributed by atoms with Crippen LogP contribution in [-0.4, -0.2) is 25.1 Å². The summed E-state index contributed by atoms with van der Waals surface area (Å²) in [5, 5.41) is 6.20. The zero-order valence-corrected chi connectivity index (χ0v) is 11.6. The van der Waals surface area contributed by atoms with Crippen LogP contribution in [0.4, 0.5) is 5.69 Å². The standard InChI is InChI=1S/C15H22N2O2/c1-3-11(4-2)9-17-15(18)14-10-16-12-7-5-6-8-13(12)19-14/h5-8,11,14,16H,3-4,9-10H2,1-2H3,(H,17,18). The summed E-state index contributed by atoms with van der Waals surface area (Å²) in [4.78, 5) is 12.1. The maximum absolute atomic E-state index is 12.1. The Kier molecular flexibility index (Phi) is 4.66. The van der Waals surface area contributed by atoms with Gasteiger partial charge < -0.3 is 15.4 Å². The summed E-state index contributed by atoms with van der Waals surface area (Å²) in [6.45, 7) is 5.55. The molecule has 0 bridgehead atoms. The molecule has 1 aliphatic rings. The van der Waals surface area contributed by atoms with E-state index in [0.717, 1.165) is 30.8 Å². The molecule has 1 amide bonds. The van der Waals surface area contributed by atoms with Crippen LogP contribution in [0.1, 0.15) is 26.7 Å². The molecule has 0 aliphatic carbocycles. The molecule has 1 atom stereocenters. The summed E-state index contributed by atoms with van der Waals surface area (Å²) in [6, 6.07) is 7.68. The fourth-order valence-corrected chi connectivity index (χ4v) is 2.20. The van der Waals surface area contributed by atoms with Crippen LogP contribution in [0.5, 0.6) is 5.75 Å². The number of hydrogen-bond acceptors (Lipinski definition) is 3. The molecule has 4 nitrogen and oxygen atoms in total. The Labute approximate surface area is 114 Å². The molecule has 1 unspecified atom stereocenters. The molecule has 1 aromatic rings. The van der Waals surface area contributed by atoms with E-state index >= 15 is 0 Å². The molecule has 1 heterocycles. The number of rotatable bonds is 5. The number of carbonyl (C=O) groups is 1. The molecule has 2 N–H and O–H groups in total. The smallest absolute Gasteiger partial charge is 0.262 e. The first-order chi connectivity index (χ1) is 9.24. The lowest BCUT2D eigenvalue weighted by atomic mass is 10.0. The summed E-state index contributed by atoms with van der Waals surface area (Å²) >= 11 is 0. The van der Waals surface area contributed by atoms with Gasteiger partial charge >= 0.3 is 0 Å². The van der Waals surface area contributed by atoms with Gasteiger partial charge in [0, 0.05) is 6.54 Å². The molecular weight excluding hydrogens is 240 g/mol. The van der Waals surface area contributed by atoms with E-state index in [-0.39, 0.29) is 5.91 Å². The monoisotopic (exact) mass is 262 g/mol. The van der Waals surface area contributed by atoms with Crippen LogP contribution in [0.15, 0.2) is 24.3 Å². The highest BCUT2D eigenvalue weighted by Gasteiger charge is 2.25. The van der Waals surface area contributed by atoms with E-state index in [2.05, 4.69) is 24.5 Å². The van der Waals surface area contributed by atoms with E-state index in [1.165, 1.54) is 0 Å². The van der Waals surface area contributed by atoms with E-state index in [1.54, 1.807) is 0 Å². The molecule has 1 aromatic carbocycles. The summed E-state index contributed by atoms with van der Waals surface area (Å²) in [6.07, 6.45) is 1.73. The average Bonchev–Trinajstić information content (AvgIpc) is 2.47. The van der Waals surface area contributed by atoms with Crippen molar-refractivity contribution in [1.29, 1.82) is 0 Å². The normalized spacial score (nSPS) is 17.3. The molecule has 104 valence electrons. The predicted molar refractivity (Wildman–Crippen MR) is 76.4 cm³/mol. The maximum atomic E-state index is 12.1. The molecule has 0 fully saturated rings. The highest BCUT2D eigenvalue weighted by Crippen LogP contribution is 2.28. The number of anilines is 1. The molecule has 0 radical (unpaired) electrons. The topological polar surface area (TPSA) is 50.4 Å². The third-order valence-corrected chi connectivity index (χ3v) is 3.65. The van der Waals surface area contributed by atoms with Crippen molar-refractivity contribution >= 4 is 11.6 Å². The first-order valence-electron chi connectivity index (χ1n) is 7.01. The zero-order chi connectivity index (χ0) is 13.7. The van der Waals surface area contributed by atoms with E-state index in [9.17, 15) is 4.79 Å². The van der Waals surface area contributed by atoms with Crippen LogP contribution in [0.3, 0.4) is 0 Å². The van der Waals surface area contributed by atoms with Crippen molar-refractivity contribution in [3.05, 3.63) is 24.3 Å². The van der Waals surface area contributed by atoms with Gasteiger partial charge in [-0.25, -0.2) is 0 Å². The second-order valence-electron chi connectivity index (χ2n) is 4.91. The number of benzene rings is 1. The van der Waals surface area contributed by atoms with E-state index in [0.29, 0.717) is 12.5 Å². The quantitative estimate of drug-likeness (QED) is 0.856. The molecule has 0 spiro atoms. The minimum atomic E-state index is -0.440. The minimum absolute atomic E-state index is 0.0334. The van der Waals surface area contributed by atoms with Gasteiger partial charge in [-0.2, -0.15) is 0 Å². The maximum Gasteiger partial charge on any atom is 0.262 e. The van der Waals surface area contributed by atoms with Crippen molar-refractivity contribution in [3.63, 3.8) is 0 Å². The number of fused-ring (bicyclic) bond motifs is 1. The minimum Gasteiger partial charge on any atom is -0.477 e. The van der Waals surface area contributed by atoms with Crippen LogP contribution in [0.25, 0.3) is 0 Å². The van der Waals surface area contributed by atoms with Gasteiger partial charge in [0.05, 0.1) is 12.2 Å². The molecule has 4 heteroatoms. The lowest BCUT2D eigenvalue weighted by Gasteiger charge is -2.27. The predicted octanol–water partition coefficient (Wildman–Crippen LogP) is 2.41. The van der Waals surface area contributed by atoms with Crippen LogP contribution >= 0.6 is 0 Å². The Morgan fingerprint density at radius 2 is 2.16 bits per heavy atom. The van der Waals surface area contributed by atoms with Gasteiger partial charge in [0.1, 0.15) is 5.75 Å². The number of para-hydroxylation sites is 2. The van der Waals surface area contributed by atoms with Gasteiger partial charge in [-0.05, 0) is 18.1 Å². The summed E-state index contributed by atoms with van der Waals surface area (Å²) in [5.41, 5.74) is 0.951. The Morgan fingerprint density at radius 1 is 1.42 bits per heavy atom. The molecule has 0 aromatic heterocycles. The van der Waals surface area contributed by atoms with Crippen LogP contribution in [-0.2, 0) is 4.79 Å². The van der Waals surface area contributed by atoms with E-state index in [4.69, 9.17) is 4.74 Å². The highest BCUT2D eigenvalue weighted by molar-refractivity contribution is 5.83. The number of amides is 1. The Bertz CT molecular complexity index is 430. The molecule has 2 rings (SSSR count).